The van der Waals surface area contributed by atoms with Gasteiger partial charge in [0.05, 0.1) is 24.1 Å². The van der Waals surface area contributed by atoms with E-state index in [0.29, 0.717) is 6.04 Å². The summed E-state index contributed by atoms with van der Waals surface area (Å²) in [5, 5.41) is 0. The van der Waals surface area contributed by atoms with Gasteiger partial charge in [-0.3, -0.25) is 0 Å². The second-order valence-electron chi connectivity index (χ2n) is 9.87. The summed E-state index contributed by atoms with van der Waals surface area (Å²) < 4.78 is 13.4. The van der Waals surface area contributed by atoms with Crippen LogP contribution in [0, 0.1) is 0 Å². The molecular formula is C32H38N4. The molecule has 36 heavy (non-hydrogen) atoms. The maximum Gasteiger partial charge on any atom is 0.0658 e. The largest absolute Gasteiger partial charge is 0.341 e. The Morgan fingerprint density at radius 1 is 0.556 bits per heavy atom. The zero-order valence-electron chi connectivity index (χ0n) is 22.7. The second kappa shape index (κ2) is 11.6. The van der Waals surface area contributed by atoms with Crippen LogP contribution >= 0.6 is 0 Å². The van der Waals surface area contributed by atoms with Gasteiger partial charge in [-0.05, 0) is 85.7 Å². The van der Waals surface area contributed by atoms with Crippen LogP contribution in [0.1, 0.15) is 89.4 Å². The quantitative estimate of drug-likeness (QED) is 0.188. The standard InChI is InChI=1S/C32H38N4/c1-3-5-7-9-19-35-29-15-16-30(35)22-26-12-14-28(34-26)24-32-18-17-31(36(32)20-10-8-6-4-2)23-27-13-11-25(21-29)33-27/h11-18,21-24H,3-10,19-20H2,1-2H3/i15D. The molecule has 0 radical (unpaired) electrons. The molecular weight excluding hydrogens is 440 g/mol. The average molecular weight is 480 g/mol. The SMILES string of the molecule is [2H]c1cc2cc3nc(cc4ccc(cc5nc(cc1n2CCCCCC)C=C5)n4CCCCCC)C=C3. The third kappa shape index (κ3) is 5.70. The Morgan fingerprint density at radius 3 is 1.44 bits per heavy atom. The Hall–Kier alpha value is -3.40. The highest BCUT2D eigenvalue weighted by atomic mass is 15.0. The molecule has 0 N–H and O–H groups in total. The van der Waals surface area contributed by atoms with Crippen LogP contribution in [-0.2, 0) is 13.1 Å². The smallest absolute Gasteiger partial charge is 0.0658 e. The van der Waals surface area contributed by atoms with Crippen LogP contribution in [0.15, 0.2) is 48.5 Å². The van der Waals surface area contributed by atoms with Gasteiger partial charge in [-0.15, -0.1) is 0 Å². The first kappa shape index (κ1) is 23.0. The normalized spacial score (nSPS) is 12.9. The molecule has 0 fully saturated rings. The molecule has 0 spiro atoms. The number of hydrogen-bond acceptors (Lipinski definition) is 2. The number of fused-ring (bicyclic) bond motifs is 8. The second-order valence-corrected chi connectivity index (χ2v) is 9.87. The van der Waals surface area contributed by atoms with Gasteiger partial charge in [0.2, 0.25) is 0 Å². The van der Waals surface area contributed by atoms with Gasteiger partial charge in [0.15, 0.2) is 0 Å². The van der Waals surface area contributed by atoms with Crippen LogP contribution in [0.25, 0.3) is 46.4 Å². The van der Waals surface area contributed by atoms with Crippen molar-refractivity contribution in [2.24, 2.45) is 0 Å². The van der Waals surface area contributed by atoms with Gasteiger partial charge in [-0.1, -0.05) is 52.4 Å². The lowest BCUT2D eigenvalue weighted by Crippen LogP contribution is -1.98. The summed E-state index contributed by atoms with van der Waals surface area (Å²) >= 11 is 0. The number of aryl methyl sites for hydroxylation is 2. The van der Waals surface area contributed by atoms with Crippen LogP contribution < -0.4 is 0 Å². The Labute approximate surface area is 216 Å². The predicted octanol–water partition coefficient (Wildman–Crippen LogP) is 8.76. The van der Waals surface area contributed by atoms with E-state index >= 15 is 0 Å². The van der Waals surface area contributed by atoms with Crippen molar-refractivity contribution < 1.29 is 1.37 Å². The highest BCUT2D eigenvalue weighted by Gasteiger charge is 2.07. The van der Waals surface area contributed by atoms with Crippen LogP contribution in [0.4, 0.5) is 0 Å². The van der Waals surface area contributed by atoms with Crippen molar-refractivity contribution in [2.75, 3.05) is 0 Å². The molecule has 186 valence electrons. The summed E-state index contributed by atoms with van der Waals surface area (Å²) in [6, 6.07) is 15.4. The van der Waals surface area contributed by atoms with E-state index in [1.54, 1.807) is 0 Å². The van der Waals surface area contributed by atoms with Crippen molar-refractivity contribution in [2.45, 2.75) is 78.3 Å². The molecule has 0 saturated heterocycles. The topological polar surface area (TPSA) is 35.6 Å². The Bertz CT molecular complexity index is 1470. The molecule has 2 aliphatic rings. The van der Waals surface area contributed by atoms with Crippen LogP contribution in [0.2, 0.25) is 0 Å². The minimum Gasteiger partial charge on any atom is -0.341 e. The van der Waals surface area contributed by atoms with Crippen LogP contribution in [-0.4, -0.2) is 19.1 Å². The van der Waals surface area contributed by atoms with Gasteiger partial charge in [0.25, 0.3) is 0 Å². The van der Waals surface area contributed by atoms with Gasteiger partial charge in [-0.2, -0.15) is 0 Å². The number of aromatic nitrogens is 4. The van der Waals surface area contributed by atoms with E-state index in [2.05, 4.69) is 83.7 Å². The molecule has 5 heterocycles. The van der Waals surface area contributed by atoms with E-state index in [-0.39, 0.29) is 0 Å². The molecule has 2 aliphatic heterocycles. The molecule has 0 atom stereocenters. The fourth-order valence-electron chi connectivity index (χ4n) is 5.04. The number of hydrogen-bond donors (Lipinski definition) is 0. The van der Waals surface area contributed by atoms with Gasteiger partial charge in [0, 0.05) is 35.2 Å². The molecule has 5 rings (SSSR count). The van der Waals surface area contributed by atoms with E-state index in [1.807, 2.05) is 6.07 Å². The van der Waals surface area contributed by atoms with Gasteiger partial charge in [0.1, 0.15) is 0 Å². The lowest BCUT2D eigenvalue weighted by molar-refractivity contribution is 0.602. The summed E-state index contributed by atoms with van der Waals surface area (Å²) in [5.41, 5.74) is 8.03. The molecule has 3 aromatic heterocycles. The molecule has 4 nitrogen and oxygen atoms in total. The van der Waals surface area contributed by atoms with Crippen molar-refractivity contribution in [3.8, 4) is 0 Å². The molecule has 0 amide bonds. The summed E-state index contributed by atoms with van der Waals surface area (Å²) in [4.78, 5) is 9.83. The fraction of sp³-hybridized carbons (Fsp3) is 0.375. The van der Waals surface area contributed by atoms with Crippen molar-refractivity contribution in [1.82, 2.24) is 19.1 Å². The highest BCUT2D eigenvalue weighted by molar-refractivity contribution is 5.78. The molecule has 0 aromatic carbocycles. The lowest BCUT2D eigenvalue weighted by atomic mass is 10.2. The van der Waals surface area contributed by atoms with E-state index < -0.39 is 0 Å². The van der Waals surface area contributed by atoms with Gasteiger partial charge >= 0.3 is 0 Å². The fourth-order valence-corrected chi connectivity index (χ4v) is 5.04. The van der Waals surface area contributed by atoms with Crippen LogP contribution in [0.5, 0.6) is 0 Å². The summed E-state index contributed by atoms with van der Waals surface area (Å²) in [7, 11) is 0. The number of unbranched alkanes of at least 4 members (excludes halogenated alkanes) is 6. The Morgan fingerprint density at radius 2 is 0.972 bits per heavy atom. The molecule has 0 unspecified atom stereocenters. The minimum atomic E-state index is 0.531. The zero-order valence-corrected chi connectivity index (χ0v) is 21.7. The van der Waals surface area contributed by atoms with Crippen molar-refractivity contribution >= 4 is 46.4 Å². The molecule has 0 saturated carbocycles. The molecule has 4 heteroatoms. The van der Waals surface area contributed by atoms with Crippen LogP contribution in [0.3, 0.4) is 0 Å². The number of rotatable bonds is 10. The van der Waals surface area contributed by atoms with Crippen molar-refractivity contribution in [1.29, 1.82) is 0 Å². The summed E-state index contributed by atoms with van der Waals surface area (Å²) in [6.07, 6.45) is 18.0. The minimum absolute atomic E-state index is 0.531. The third-order valence-electron chi connectivity index (χ3n) is 7.03. The Balaban J connectivity index is 1.68. The Kier molecular flexibility index (Phi) is 7.39. The van der Waals surface area contributed by atoms with Gasteiger partial charge < -0.3 is 9.13 Å². The van der Waals surface area contributed by atoms with E-state index in [9.17, 15) is 0 Å². The maximum atomic E-state index is 8.73. The predicted molar refractivity (Wildman–Crippen MR) is 154 cm³/mol. The molecule has 0 aliphatic carbocycles. The maximum absolute atomic E-state index is 8.73. The molecule has 8 bridgehead atoms. The first-order valence-electron chi connectivity index (χ1n) is 14.2. The van der Waals surface area contributed by atoms with E-state index in [4.69, 9.17) is 11.3 Å². The van der Waals surface area contributed by atoms with E-state index in [1.165, 1.54) is 49.6 Å². The summed E-state index contributed by atoms with van der Waals surface area (Å²) in [6.45, 7) is 6.36. The first-order chi connectivity index (χ1) is 18.1. The van der Waals surface area contributed by atoms with Gasteiger partial charge in [-0.25, -0.2) is 9.97 Å². The average Bonchev–Trinajstić information content (AvgIpc) is 3.66. The monoisotopic (exact) mass is 479 g/mol. The lowest BCUT2D eigenvalue weighted by Gasteiger charge is -2.07. The highest BCUT2D eigenvalue weighted by Crippen LogP contribution is 2.22. The van der Waals surface area contributed by atoms with Crippen molar-refractivity contribution in [3.05, 3.63) is 71.3 Å². The van der Waals surface area contributed by atoms with E-state index in [0.717, 1.165) is 59.7 Å². The zero-order chi connectivity index (χ0) is 25.6. The molecule has 3 aromatic rings. The van der Waals surface area contributed by atoms with Crippen molar-refractivity contribution in [3.63, 3.8) is 0 Å². The first-order valence-corrected chi connectivity index (χ1v) is 13.7. The number of nitrogens with zero attached hydrogens (tertiary/aromatic N) is 4. The summed E-state index contributed by atoms with van der Waals surface area (Å²) in [5.74, 6) is 0. The third-order valence-corrected chi connectivity index (χ3v) is 7.03.